The number of ether oxygens (including phenoxy) is 1. The number of fused-ring (bicyclic) bond motifs is 1. The molecule has 4 aromatic rings. The van der Waals surface area contributed by atoms with Gasteiger partial charge in [0, 0.05) is 20.6 Å². The Balaban J connectivity index is 1.51. The van der Waals surface area contributed by atoms with Crippen LogP contribution in [-0.4, -0.2) is 17.8 Å². The molecule has 0 atom stereocenters. The normalized spacial score (nSPS) is 14.8. The minimum absolute atomic E-state index is 0.201. The van der Waals surface area contributed by atoms with E-state index in [4.69, 9.17) is 16.3 Å². The van der Waals surface area contributed by atoms with Crippen molar-refractivity contribution in [2.75, 3.05) is 4.90 Å². The van der Waals surface area contributed by atoms with E-state index in [0.29, 0.717) is 27.6 Å². The molecule has 6 nitrogen and oxygen atoms in total. The smallest absolute Gasteiger partial charge is 0.335 e. The summed E-state index contributed by atoms with van der Waals surface area (Å²) in [5, 5.41) is 4.83. The Bertz CT molecular complexity index is 1660. The molecular formula is C30H22BrClN2O4. The summed E-state index contributed by atoms with van der Waals surface area (Å²) < 4.78 is 6.98. The molecule has 4 amide bonds. The van der Waals surface area contributed by atoms with E-state index in [0.717, 1.165) is 31.3 Å². The molecule has 0 radical (unpaired) electrons. The lowest BCUT2D eigenvalue weighted by Crippen LogP contribution is -2.54. The van der Waals surface area contributed by atoms with Crippen LogP contribution in [0.15, 0.2) is 82.8 Å². The van der Waals surface area contributed by atoms with Gasteiger partial charge < -0.3 is 4.74 Å². The molecule has 1 aliphatic heterocycles. The van der Waals surface area contributed by atoms with E-state index in [2.05, 4.69) is 45.5 Å². The van der Waals surface area contributed by atoms with Crippen molar-refractivity contribution in [1.29, 1.82) is 0 Å². The molecule has 1 saturated heterocycles. The number of nitrogens with one attached hydrogen (secondary N) is 1. The SMILES string of the molecule is Cc1ccc(Cl)cc1N1C(=O)NC(=O)/C(=C\c2cc(Br)ccc2OCc2c(C)ccc3ccccc23)C1=O. The summed E-state index contributed by atoms with van der Waals surface area (Å²) in [5.41, 5.74) is 3.40. The van der Waals surface area contributed by atoms with E-state index in [1.807, 2.05) is 25.1 Å². The van der Waals surface area contributed by atoms with Crippen LogP contribution in [0.5, 0.6) is 5.75 Å². The number of anilines is 1. The van der Waals surface area contributed by atoms with Gasteiger partial charge in [0.1, 0.15) is 17.9 Å². The third-order valence-electron chi connectivity index (χ3n) is 6.43. The highest BCUT2D eigenvalue weighted by Gasteiger charge is 2.37. The van der Waals surface area contributed by atoms with E-state index in [1.54, 1.807) is 31.2 Å². The first kappa shape index (κ1) is 25.7. The van der Waals surface area contributed by atoms with Gasteiger partial charge in [-0.05, 0) is 72.2 Å². The van der Waals surface area contributed by atoms with Crippen LogP contribution < -0.4 is 15.0 Å². The van der Waals surface area contributed by atoms with Gasteiger partial charge in [0.25, 0.3) is 11.8 Å². The van der Waals surface area contributed by atoms with Crippen LogP contribution >= 0.6 is 27.5 Å². The van der Waals surface area contributed by atoms with E-state index in [-0.39, 0.29) is 12.2 Å². The van der Waals surface area contributed by atoms with Crippen molar-refractivity contribution in [2.45, 2.75) is 20.5 Å². The molecule has 190 valence electrons. The highest BCUT2D eigenvalue weighted by atomic mass is 79.9. The summed E-state index contributed by atoms with van der Waals surface area (Å²) >= 11 is 9.58. The zero-order valence-corrected chi connectivity index (χ0v) is 22.9. The zero-order chi connectivity index (χ0) is 27.0. The van der Waals surface area contributed by atoms with Crippen LogP contribution in [0.1, 0.15) is 22.3 Å². The van der Waals surface area contributed by atoms with Gasteiger partial charge in [-0.2, -0.15) is 0 Å². The number of carbonyl (C=O) groups is 3. The highest BCUT2D eigenvalue weighted by molar-refractivity contribution is 9.10. The predicted octanol–water partition coefficient (Wildman–Crippen LogP) is 7.12. The zero-order valence-electron chi connectivity index (χ0n) is 20.5. The maximum atomic E-state index is 13.5. The summed E-state index contributed by atoms with van der Waals surface area (Å²) in [7, 11) is 0. The fourth-order valence-electron chi connectivity index (χ4n) is 4.41. The van der Waals surface area contributed by atoms with Crippen molar-refractivity contribution in [1.82, 2.24) is 5.32 Å². The standard InChI is InChI=1S/C30H22BrClN2O4/c1-17-7-9-19-5-3-4-6-23(19)25(17)16-38-27-12-10-21(31)13-20(27)14-24-28(35)33-30(37)34(29(24)36)26-15-22(32)11-8-18(26)2/h3-15H,16H2,1-2H3,(H,33,35,37)/b24-14+. The van der Waals surface area contributed by atoms with Crippen LogP contribution in [0.25, 0.3) is 16.8 Å². The summed E-state index contributed by atoms with van der Waals surface area (Å²) in [6, 6.07) is 21.6. The summed E-state index contributed by atoms with van der Waals surface area (Å²) in [6.07, 6.45) is 1.44. The molecule has 1 aliphatic rings. The van der Waals surface area contributed by atoms with Gasteiger partial charge in [-0.1, -0.05) is 70.0 Å². The number of carbonyl (C=O) groups excluding carboxylic acids is 3. The molecule has 8 heteroatoms. The topological polar surface area (TPSA) is 75.7 Å². The van der Waals surface area contributed by atoms with Crippen molar-refractivity contribution in [2.24, 2.45) is 0 Å². The number of halogens is 2. The quantitative estimate of drug-likeness (QED) is 0.199. The third kappa shape index (κ3) is 4.95. The molecule has 5 rings (SSSR count). The van der Waals surface area contributed by atoms with Gasteiger partial charge in [0.05, 0.1) is 5.69 Å². The fraction of sp³-hybridized carbons (Fsp3) is 0.100. The summed E-state index contributed by atoms with van der Waals surface area (Å²) in [5.74, 6) is -1.05. The maximum Gasteiger partial charge on any atom is 0.335 e. The van der Waals surface area contributed by atoms with Crippen molar-refractivity contribution in [3.8, 4) is 5.75 Å². The molecule has 0 aromatic heterocycles. The lowest BCUT2D eigenvalue weighted by Gasteiger charge is -2.27. The Kier molecular flexibility index (Phi) is 7.06. The number of amides is 4. The lowest BCUT2D eigenvalue weighted by molar-refractivity contribution is -0.122. The Morgan fingerprint density at radius 2 is 1.71 bits per heavy atom. The molecule has 0 aliphatic carbocycles. The van der Waals surface area contributed by atoms with Crippen LogP contribution in [-0.2, 0) is 16.2 Å². The van der Waals surface area contributed by atoms with E-state index >= 15 is 0 Å². The number of imide groups is 2. The third-order valence-corrected chi connectivity index (χ3v) is 7.16. The van der Waals surface area contributed by atoms with Gasteiger partial charge in [-0.3, -0.25) is 14.9 Å². The van der Waals surface area contributed by atoms with E-state index in [1.165, 1.54) is 12.1 Å². The highest BCUT2D eigenvalue weighted by Crippen LogP contribution is 2.31. The van der Waals surface area contributed by atoms with Crippen molar-refractivity contribution >= 4 is 67.9 Å². The molecule has 38 heavy (non-hydrogen) atoms. The van der Waals surface area contributed by atoms with Crippen LogP contribution in [0.2, 0.25) is 5.02 Å². The Morgan fingerprint density at radius 3 is 2.53 bits per heavy atom. The molecule has 1 heterocycles. The molecule has 0 spiro atoms. The van der Waals surface area contributed by atoms with Gasteiger partial charge in [-0.25, -0.2) is 9.69 Å². The average molecular weight is 590 g/mol. The number of aryl methyl sites for hydroxylation is 2. The minimum atomic E-state index is -0.834. The average Bonchev–Trinajstić information content (AvgIpc) is 2.88. The molecule has 1 N–H and O–H groups in total. The fourth-order valence-corrected chi connectivity index (χ4v) is 4.95. The number of hydrogen-bond acceptors (Lipinski definition) is 4. The molecule has 1 fully saturated rings. The number of urea groups is 1. The van der Waals surface area contributed by atoms with Gasteiger partial charge in [0.2, 0.25) is 0 Å². The largest absolute Gasteiger partial charge is 0.488 e. The molecule has 0 unspecified atom stereocenters. The number of nitrogens with zero attached hydrogens (tertiary/aromatic N) is 1. The van der Waals surface area contributed by atoms with Gasteiger partial charge in [0.15, 0.2) is 0 Å². The second kappa shape index (κ2) is 10.4. The van der Waals surface area contributed by atoms with E-state index in [9.17, 15) is 14.4 Å². The van der Waals surface area contributed by atoms with Gasteiger partial charge >= 0.3 is 6.03 Å². The first-order valence-electron chi connectivity index (χ1n) is 11.8. The minimum Gasteiger partial charge on any atom is -0.488 e. The number of benzene rings is 4. The van der Waals surface area contributed by atoms with Crippen molar-refractivity contribution in [3.63, 3.8) is 0 Å². The van der Waals surface area contributed by atoms with Crippen LogP contribution in [0.3, 0.4) is 0 Å². The summed E-state index contributed by atoms with van der Waals surface area (Å²) in [6.45, 7) is 4.07. The number of rotatable bonds is 5. The second-order valence-electron chi connectivity index (χ2n) is 8.94. The molecule has 0 bridgehead atoms. The Hall–Kier alpha value is -3.94. The first-order chi connectivity index (χ1) is 18.2. The van der Waals surface area contributed by atoms with E-state index < -0.39 is 17.8 Å². The van der Waals surface area contributed by atoms with Crippen LogP contribution in [0.4, 0.5) is 10.5 Å². The Labute approximate surface area is 233 Å². The lowest BCUT2D eigenvalue weighted by atomic mass is 10.0. The second-order valence-corrected chi connectivity index (χ2v) is 10.3. The maximum absolute atomic E-state index is 13.5. The van der Waals surface area contributed by atoms with Crippen molar-refractivity contribution < 1.29 is 19.1 Å². The molecule has 0 saturated carbocycles. The number of barbiturate groups is 1. The predicted molar refractivity (Wildman–Crippen MR) is 152 cm³/mol. The van der Waals surface area contributed by atoms with Crippen molar-refractivity contribution in [3.05, 3.63) is 110 Å². The monoisotopic (exact) mass is 588 g/mol. The van der Waals surface area contributed by atoms with Gasteiger partial charge in [-0.15, -0.1) is 0 Å². The molecule has 4 aromatic carbocycles. The first-order valence-corrected chi connectivity index (χ1v) is 13.0. The van der Waals surface area contributed by atoms with Crippen LogP contribution in [0, 0.1) is 13.8 Å². The number of hydrogen-bond donors (Lipinski definition) is 1. The summed E-state index contributed by atoms with van der Waals surface area (Å²) in [4.78, 5) is 39.8. The molecular weight excluding hydrogens is 568 g/mol. The Morgan fingerprint density at radius 1 is 0.947 bits per heavy atom.